The molecule has 0 aromatic carbocycles. The van der Waals surface area contributed by atoms with Gasteiger partial charge in [-0.25, -0.2) is 0 Å². The highest BCUT2D eigenvalue weighted by Crippen LogP contribution is 2.46. The molecule has 0 spiro atoms. The number of hydrogen-bond acceptors (Lipinski definition) is 4. The van der Waals surface area contributed by atoms with Gasteiger partial charge in [0.2, 0.25) is 0 Å². The maximum atomic E-state index is 9.31. The van der Waals surface area contributed by atoms with Crippen molar-refractivity contribution < 1.29 is 0 Å². The molecule has 0 unspecified atom stereocenters. The van der Waals surface area contributed by atoms with Gasteiger partial charge in [-0.1, -0.05) is 58.4 Å². The van der Waals surface area contributed by atoms with Crippen LogP contribution in [0.4, 0.5) is 0 Å². The molecule has 29 heavy (non-hydrogen) atoms. The van der Waals surface area contributed by atoms with Gasteiger partial charge in [0, 0.05) is 19.5 Å². The number of nitriles is 1. The molecule has 0 amide bonds. The van der Waals surface area contributed by atoms with E-state index in [2.05, 4.69) is 43.5 Å². The van der Waals surface area contributed by atoms with E-state index < -0.39 is 0 Å². The van der Waals surface area contributed by atoms with E-state index in [1.807, 2.05) is 28.7 Å². The van der Waals surface area contributed by atoms with Crippen LogP contribution in [0.2, 0.25) is 0 Å². The lowest BCUT2D eigenvalue weighted by Crippen LogP contribution is -1.95. The molecule has 0 saturated heterocycles. The molecule has 4 heteroatoms. The van der Waals surface area contributed by atoms with Crippen molar-refractivity contribution in [2.75, 3.05) is 0 Å². The summed E-state index contributed by atoms with van der Waals surface area (Å²) in [7, 11) is 0. The van der Waals surface area contributed by atoms with Crippen LogP contribution in [-0.2, 0) is 12.8 Å². The largest absolute Gasteiger partial charge is 0.192 e. The Morgan fingerprint density at radius 2 is 1.41 bits per heavy atom. The fourth-order valence-corrected chi connectivity index (χ4v) is 7.03. The van der Waals surface area contributed by atoms with E-state index in [0.717, 1.165) is 4.88 Å². The zero-order chi connectivity index (χ0) is 20.5. The minimum absolute atomic E-state index is 0.813. The summed E-state index contributed by atoms with van der Waals surface area (Å²) in [6.07, 6.45) is 12.7. The van der Waals surface area contributed by atoms with Crippen LogP contribution in [0.15, 0.2) is 29.6 Å². The van der Waals surface area contributed by atoms with Gasteiger partial charge in [0.15, 0.2) is 0 Å². The summed E-state index contributed by atoms with van der Waals surface area (Å²) in [6, 6.07) is 10.9. The normalized spacial score (nSPS) is 11.1. The van der Waals surface area contributed by atoms with Crippen LogP contribution in [-0.4, -0.2) is 0 Å². The molecule has 0 radical (unpaired) electrons. The Hall–Kier alpha value is -1.41. The monoisotopic (exact) mass is 441 g/mol. The van der Waals surface area contributed by atoms with Gasteiger partial charge < -0.3 is 0 Å². The van der Waals surface area contributed by atoms with Crippen molar-refractivity contribution >= 4 is 34.0 Å². The second-order valence-corrected chi connectivity index (χ2v) is 10.6. The molecular formula is C25H31NS3. The molecule has 0 N–H and O–H groups in total. The van der Waals surface area contributed by atoms with Crippen molar-refractivity contribution in [3.8, 4) is 25.6 Å². The van der Waals surface area contributed by atoms with Crippen molar-refractivity contribution in [2.45, 2.75) is 78.1 Å². The zero-order valence-corrected chi connectivity index (χ0v) is 20.1. The fourth-order valence-electron chi connectivity index (χ4n) is 3.81. The smallest absolute Gasteiger partial charge is 0.110 e. The van der Waals surface area contributed by atoms with Crippen LogP contribution in [0.5, 0.6) is 0 Å². The topological polar surface area (TPSA) is 23.8 Å². The average Bonchev–Trinajstić information content (AvgIpc) is 3.48. The minimum Gasteiger partial charge on any atom is -0.192 e. The van der Waals surface area contributed by atoms with E-state index in [0.29, 0.717) is 0 Å². The van der Waals surface area contributed by atoms with Gasteiger partial charge in [0.05, 0.1) is 0 Å². The van der Waals surface area contributed by atoms with E-state index in [9.17, 15) is 5.26 Å². The summed E-state index contributed by atoms with van der Waals surface area (Å²) in [5, 5.41) is 11.5. The molecule has 0 atom stereocenters. The van der Waals surface area contributed by atoms with Crippen LogP contribution in [0.25, 0.3) is 19.5 Å². The molecule has 0 saturated carbocycles. The van der Waals surface area contributed by atoms with Gasteiger partial charge in [-0.3, -0.25) is 0 Å². The molecule has 0 aliphatic rings. The summed E-state index contributed by atoms with van der Waals surface area (Å²) >= 11 is 5.46. The third kappa shape index (κ3) is 5.81. The van der Waals surface area contributed by atoms with Crippen molar-refractivity contribution in [3.63, 3.8) is 0 Å². The first kappa shape index (κ1) is 22.3. The Labute approximate surface area is 188 Å². The van der Waals surface area contributed by atoms with Crippen molar-refractivity contribution in [2.24, 2.45) is 0 Å². The zero-order valence-electron chi connectivity index (χ0n) is 17.6. The third-order valence-corrected chi connectivity index (χ3v) is 8.86. The van der Waals surface area contributed by atoms with Crippen LogP contribution >= 0.6 is 34.0 Å². The Bertz CT molecular complexity index is 909. The first-order valence-corrected chi connectivity index (χ1v) is 13.5. The summed E-state index contributed by atoms with van der Waals surface area (Å²) < 4.78 is 0. The molecule has 3 heterocycles. The van der Waals surface area contributed by atoms with Crippen molar-refractivity contribution in [1.29, 1.82) is 5.26 Å². The minimum atomic E-state index is 0.813. The molecule has 3 aromatic rings. The highest BCUT2D eigenvalue weighted by atomic mass is 32.1. The number of thiophene rings is 3. The molecule has 3 aromatic heterocycles. The maximum absolute atomic E-state index is 9.31. The van der Waals surface area contributed by atoms with Crippen molar-refractivity contribution in [1.82, 2.24) is 0 Å². The lowest BCUT2D eigenvalue weighted by Gasteiger charge is -2.09. The van der Waals surface area contributed by atoms with Crippen LogP contribution in [0, 0.1) is 11.3 Å². The Morgan fingerprint density at radius 3 is 1.93 bits per heavy atom. The molecular weight excluding hydrogens is 410 g/mol. The molecule has 0 aliphatic heterocycles. The molecule has 0 bridgehead atoms. The summed E-state index contributed by atoms with van der Waals surface area (Å²) in [6.45, 7) is 4.56. The van der Waals surface area contributed by atoms with E-state index in [4.69, 9.17) is 0 Å². The van der Waals surface area contributed by atoms with E-state index in [1.54, 1.807) is 22.5 Å². The quantitative estimate of drug-likeness (QED) is 0.257. The molecule has 0 fully saturated rings. The van der Waals surface area contributed by atoms with Crippen LogP contribution in [0.3, 0.4) is 0 Å². The first-order valence-electron chi connectivity index (χ1n) is 11.0. The molecule has 1 nitrogen and oxygen atoms in total. The van der Waals surface area contributed by atoms with Gasteiger partial charge in [0.25, 0.3) is 0 Å². The van der Waals surface area contributed by atoms with E-state index >= 15 is 0 Å². The van der Waals surface area contributed by atoms with E-state index in [-0.39, 0.29) is 0 Å². The first-order chi connectivity index (χ1) is 14.3. The van der Waals surface area contributed by atoms with Crippen LogP contribution < -0.4 is 0 Å². The van der Waals surface area contributed by atoms with Gasteiger partial charge in [-0.2, -0.15) is 5.26 Å². The predicted molar refractivity (Wildman–Crippen MR) is 131 cm³/mol. The van der Waals surface area contributed by atoms with Crippen LogP contribution in [0.1, 0.15) is 81.2 Å². The number of rotatable bonds is 12. The number of unbranched alkanes of at least 4 members (excludes halogenated alkanes) is 6. The third-order valence-electron chi connectivity index (χ3n) is 5.36. The highest BCUT2D eigenvalue weighted by Gasteiger charge is 2.21. The predicted octanol–water partition coefficient (Wildman–Crippen LogP) is 9.32. The average molecular weight is 442 g/mol. The lowest BCUT2D eigenvalue weighted by molar-refractivity contribution is 0.653. The lowest BCUT2D eigenvalue weighted by atomic mass is 9.96. The van der Waals surface area contributed by atoms with Crippen molar-refractivity contribution in [3.05, 3.63) is 45.6 Å². The maximum Gasteiger partial charge on any atom is 0.110 e. The van der Waals surface area contributed by atoms with Gasteiger partial charge in [-0.05, 0) is 60.4 Å². The second-order valence-electron chi connectivity index (χ2n) is 7.59. The Kier molecular flexibility index (Phi) is 8.98. The van der Waals surface area contributed by atoms with Gasteiger partial charge in [-0.15, -0.1) is 34.0 Å². The number of nitrogens with zero attached hydrogens (tertiary/aromatic N) is 1. The Balaban J connectivity index is 1.99. The molecule has 154 valence electrons. The summed E-state index contributed by atoms with van der Waals surface area (Å²) in [5.41, 5.74) is 3.16. The summed E-state index contributed by atoms with van der Waals surface area (Å²) in [5.74, 6) is 0. The van der Waals surface area contributed by atoms with E-state index in [1.165, 1.54) is 83.7 Å². The standard InChI is InChI=1S/C25H31NS3/c1-3-5-7-9-12-20-21(13-10-8-6-4-2)25(23-16-15-19(18-26)28-23)29-24(20)22-14-11-17-27-22/h11,14-17H,3-10,12-13H2,1-2H3. The summed E-state index contributed by atoms with van der Waals surface area (Å²) in [4.78, 5) is 6.38. The number of hydrogen-bond donors (Lipinski definition) is 0. The molecule has 0 aliphatic carbocycles. The SMILES string of the molecule is CCCCCCc1c(-c2cccs2)sc(-c2ccc(C#N)s2)c1CCCCCC. The van der Waals surface area contributed by atoms with Gasteiger partial charge >= 0.3 is 0 Å². The fraction of sp³-hybridized carbons (Fsp3) is 0.480. The Morgan fingerprint density at radius 1 is 0.759 bits per heavy atom. The second kappa shape index (κ2) is 11.7. The highest BCUT2D eigenvalue weighted by molar-refractivity contribution is 7.26. The molecule has 3 rings (SSSR count). The van der Waals surface area contributed by atoms with Gasteiger partial charge in [0.1, 0.15) is 10.9 Å².